The van der Waals surface area contributed by atoms with Crippen LogP contribution in [0.1, 0.15) is 137 Å². The van der Waals surface area contributed by atoms with Crippen molar-refractivity contribution in [3.05, 3.63) is 66.2 Å². The number of carbonyl (C=O) groups is 4. The molecule has 2 fully saturated rings. The maximum atomic E-state index is 10.8. The summed E-state index contributed by atoms with van der Waals surface area (Å²) in [5.41, 5.74) is -1.45. The number of rotatable bonds is 2. The van der Waals surface area contributed by atoms with Crippen LogP contribution in [0.25, 0.3) is 0 Å². The first-order valence-corrected chi connectivity index (χ1v) is 19.6. The van der Waals surface area contributed by atoms with E-state index < -0.39 is 0 Å². The van der Waals surface area contributed by atoms with Crippen LogP contribution >= 0.6 is 0 Å². The van der Waals surface area contributed by atoms with Gasteiger partial charge < -0.3 is 18.9 Å². The average molecular weight is 820 g/mol. The minimum atomic E-state index is -0.387. The fourth-order valence-electron chi connectivity index (χ4n) is 2.72. The van der Waals surface area contributed by atoms with Crippen LogP contribution in [0.5, 0.6) is 0 Å². The highest BCUT2D eigenvalue weighted by atomic mass is 16.2. The van der Waals surface area contributed by atoms with Gasteiger partial charge in [-0.2, -0.15) is 0 Å². The average Bonchev–Trinajstić information content (AvgIpc) is 3.22. The number of H-pyrrole nitrogens is 2. The van der Waals surface area contributed by atoms with E-state index in [1.807, 2.05) is 125 Å². The monoisotopic (exact) mass is 821 g/mol. The van der Waals surface area contributed by atoms with E-state index in [1.54, 1.807) is 19.0 Å². The Morgan fingerprint density at radius 2 is 0.828 bits per heavy atom. The quantitative estimate of drug-likeness (QED) is 0.308. The summed E-state index contributed by atoms with van der Waals surface area (Å²) in [4.78, 5) is 92.0. The lowest BCUT2D eigenvalue weighted by Gasteiger charge is -2.24. The van der Waals surface area contributed by atoms with E-state index >= 15 is 0 Å². The number of hydrogen-bond acceptors (Lipinski definition) is 8. The Bertz CT molecular complexity index is 1390. The molecule has 0 saturated carbocycles. The highest BCUT2D eigenvalue weighted by Gasteiger charge is 2.20. The van der Waals surface area contributed by atoms with Gasteiger partial charge >= 0.3 is 23.4 Å². The largest absolute Gasteiger partial charge is 0.328 e. The number of aromatic nitrogens is 4. The molecule has 20 heteroatoms. The Morgan fingerprint density at radius 3 is 1.10 bits per heavy atom. The number of nitrogens with zero attached hydrogens (tertiary/aromatic N) is 4. The minimum absolute atomic E-state index is 0. The van der Waals surface area contributed by atoms with Gasteiger partial charge in [0.05, 0.1) is 0 Å². The Kier molecular flexibility index (Phi) is 99.3. The van der Waals surface area contributed by atoms with Gasteiger partial charge in [0.1, 0.15) is 0 Å². The molecule has 16 nitrogen and oxygen atoms in total. The number of urea groups is 2. The molecule has 2 aromatic heterocycles. The van der Waals surface area contributed by atoms with E-state index in [0.717, 1.165) is 0 Å². The summed E-state index contributed by atoms with van der Waals surface area (Å²) in [7, 11) is 3.22. The predicted octanol–water partition coefficient (Wildman–Crippen LogP) is 4.82. The molecule has 12 radical (unpaired) electrons. The van der Waals surface area contributed by atoms with E-state index in [1.165, 1.54) is 38.6 Å². The van der Waals surface area contributed by atoms with Gasteiger partial charge in [0.25, 0.3) is 11.1 Å². The normalized spacial score (nSPS) is 10.3. The van der Waals surface area contributed by atoms with Crippen LogP contribution in [0.4, 0.5) is 9.59 Å². The standard InChI is InChI=1S/C6H10N2O2.C6H8N2O2.C5H8N2O2.C5H6N2O2.8C2H6.4B/c2*1-2-8-4-3-5(9)7-6(8)10;2*1-7-3-2-4(8)6-5(7)9;8*1-2;;;;/h2-4H2,1H3,(H,7,9,10);3-4H,2H2,1H3,(H,7,9,10);2-3H2,1H3,(H,6,8,9);2-3H,1H3,(H,6,8,9);8*1-2H3;;;;. The topological polar surface area (TPSA) is 209 Å². The van der Waals surface area contributed by atoms with Gasteiger partial charge in [0.15, 0.2) is 0 Å². The van der Waals surface area contributed by atoms with Gasteiger partial charge in [0, 0.05) is 111 Å². The number of aromatic amines is 2. The Hall–Kier alpha value is -4.50. The summed E-state index contributed by atoms with van der Waals surface area (Å²) in [6.07, 6.45) is 3.74. The van der Waals surface area contributed by atoms with Gasteiger partial charge in [-0.15, -0.1) is 0 Å². The van der Waals surface area contributed by atoms with Gasteiger partial charge in [-0.3, -0.25) is 39.8 Å². The third-order valence-corrected chi connectivity index (χ3v) is 5.03. The SMILES string of the molecule is CC.CC.CC.CC.CC.CC.CC.CC.CCN1CCC(=O)NC1=O.CCn1ccc(=O)[nH]c1=O.CN1CCC(=O)NC1=O.Cn1ccc(=O)[nH]c1=O.[B].[B].[B].[B]. The molecule has 4 rings (SSSR count). The van der Waals surface area contributed by atoms with Crippen molar-refractivity contribution in [1.82, 2.24) is 39.5 Å². The maximum absolute atomic E-state index is 10.8. The number of amides is 6. The highest BCUT2D eigenvalue weighted by Crippen LogP contribution is 1.98. The molecular weight excluding hydrogens is 740 g/mol. The minimum Gasteiger partial charge on any atom is -0.327 e. The summed E-state index contributed by atoms with van der Waals surface area (Å²) >= 11 is 0. The molecule has 2 aliphatic rings. The molecule has 4 N–H and O–H groups in total. The zero-order chi connectivity index (χ0) is 44.8. The number of nitrogens with one attached hydrogen (secondary N) is 4. The van der Waals surface area contributed by atoms with Gasteiger partial charge in [-0.1, -0.05) is 111 Å². The van der Waals surface area contributed by atoms with Crippen LogP contribution in [0, 0.1) is 0 Å². The Labute approximate surface area is 359 Å². The summed E-state index contributed by atoms with van der Waals surface area (Å²) in [5, 5.41) is 4.41. The molecule has 2 aliphatic heterocycles. The van der Waals surface area contributed by atoms with E-state index in [-0.39, 0.29) is 80.0 Å². The van der Waals surface area contributed by atoms with Gasteiger partial charge in [-0.25, -0.2) is 19.2 Å². The molecule has 0 spiro atoms. The van der Waals surface area contributed by atoms with Crippen molar-refractivity contribution in [2.45, 2.75) is 144 Å². The Balaban J connectivity index is -0.0000000426. The summed E-state index contributed by atoms with van der Waals surface area (Å²) in [6, 6.07) is 2.05. The van der Waals surface area contributed by atoms with Crippen LogP contribution in [-0.2, 0) is 23.2 Å². The summed E-state index contributed by atoms with van der Waals surface area (Å²) in [5.74, 6) is -0.354. The van der Waals surface area contributed by atoms with Crippen LogP contribution in [0.2, 0.25) is 0 Å². The third-order valence-electron chi connectivity index (χ3n) is 5.03. The lowest BCUT2D eigenvalue weighted by Crippen LogP contribution is -2.49. The first kappa shape index (κ1) is 85.6. The molecule has 58 heavy (non-hydrogen) atoms. The van der Waals surface area contributed by atoms with Crippen molar-refractivity contribution in [3.63, 3.8) is 0 Å². The number of carbonyl (C=O) groups excluding carboxylic acids is 4. The number of imide groups is 2. The number of hydrogen-bond donors (Lipinski definition) is 4. The van der Waals surface area contributed by atoms with Crippen molar-refractivity contribution in [1.29, 1.82) is 0 Å². The summed E-state index contributed by atoms with van der Waals surface area (Å²) in [6.45, 7) is 38.1. The Morgan fingerprint density at radius 1 is 0.483 bits per heavy atom. The highest BCUT2D eigenvalue weighted by molar-refractivity contribution is 5.97. The van der Waals surface area contributed by atoms with Crippen LogP contribution in [0.15, 0.2) is 43.7 Å². The lowest BCUT2D eigenvalue weighted by atomic mass is 10.3. The van der Waals surface area contributed by atoms with Crippen molar-refractivity contribution in [3.8, 4) is 0 Å². The molecule has 0 aromatic carbocycles. The zero-order valence-electron chi connectivity index (χ0n) is 39.9. The second kappa shape index (κ2) is 67.3. The van der Waals surface area contributed by atoms with Gasteiger partial charge in [-0.05, 0) is 13.8 Å². The fraction of sp³-hybridized carbons (Fsp3) is 0.684. The van der Waals surface area contributed by atoms with Crippen molar-refractivity contribution in [2.24, 2.45) is 7.05 Å². The molecular formula is C38H80B4N8O8. The molecule has 4 heterocycles. The van der Waals surface area contributed by atoms with Crippen LogP contribution in [0.3, 0.4) is 0 Å². The fourth-order valence-corrected chi connectivity index (χ4v) is 2.72. The molecule has 0 aliphatic carbocycles. The molecule has 0 atom stereocenters. The molecule has 2 saturated heterocycles. The first-order chi connectivity index (χ1) is 25.9. The second-order valence-corrected chi connectivity index (χ2v) is 7.83. The first-order valence-electron chi connectivity index (χ1n) is 19.6. The molecule has 0 bridgehead atoms. The van der Waals surface area contributed by atoms with Crippen LogP contribution in [-0.4, -0.2) is 113 Å². The van der Waals surface area contributed by atoms with Gasteiger partial charge in [0.2, 0.25) is 11.8 Å². The van der Waals surface area contributed by atoms with E-state index in [9.17, 15) is 38.4 Å². The van der Waals surface area contributed by atoms with Crippen LogP contribution < -0.4 is 33.1 Å². The molecule has 2 aromatic rings. The molecule has 332 valence electrons. The second-order valence-electron chi connectivity index (χ2n) is 7.83. The number of aryl methyl sites for hydroxylation is 2. The van der Waals surface area contributed by atoms with E-state index in [2.05, 4.69) is 20.6 Å². The molecule has 0 unspecified atom stereocenters. The van der Waals surface area contributed by atoms with E-state index in [0.29, 0.717) is 39.0 Å². The van der Waals surface area contributed by atoms with Crippen molar-refractivity contribution in [2.75, 3.05) is 26.7 Å². The van der Waals surface area contributed by atoms with Crippen molar-refractivity contribution >= 4 is 57.5 Å². The zero-order valence-corrected chi connectivity index (χ0v) is 39.9. The van der Waals surface area contributed by atoms with Crippen molar-refractivity contribution < 1.29 is 19.2 Å². The predicted molar refractivity (Wildman–Crippen MR) is 249 cm³/mol. The summed E-state index contributed by atoms with van der Waals surface area (Å²) < 4.78 is 2.71. The smallest absolute Gasteiger partial charge is 0.327 e. The lowest BCUT2D eigenvalue weighted by molar-refractivity contribution is -0.122. The molecule has 6 amide bonds. The maximum Gasteiger partial charge on any atom is 0.328 e. The van der Waals surface area contributed by atoms with E-state index in [4.69, 9.17) is 0 Å². The third kappa shape index (κ3) is 49.5.